The van der Waals surface area contributed by atoms with Gasteiger partial charge < -0.3 is 9.64 Å². The van der Waals surface area contributed by atoms with Crippen LogP contribution in [-0.2, 0) is 6.42 Å². The Balaban J connectivity index is 1.60. The van der Waals surface area contributed by atoms with Crippen LogP contribution in [0.15, 0.2) is 42.5 Å². The Bertz CT molecular complexity index is 698. The number of pyridine rings is 1. The fourth-order valence-electron chi connectivity index (χ4n) is 3.17. The maximum Gasteiger partial charge on any atom is 0.254 e. The molecule has 1 aliphatic rings. The van der Waals surface area contributed by atoms with Crippen molar-refractivity contribution in [1.29, 1.82) is 0 Å². The minimum absolute atomic E-state index is 0.00392. The molecule has 1 amide bonds. The van der Waals surface area contributed by atoms with Gasteiger partial charge in [0, 0.05) is 24.7 Å². The van der Waals surface area contributed by atoms with Gasteiger partial charge in [0.05, 0.1) is 7.11 Å². The third-order valence-corrected chi connectivity index (χ3v) is 4.69. The second kappa shape index (κ2) is 7.67. The van der Waals surface area contributed by atoms with E-state index in [1.807, 2.05) is 11.0 Å². The highest BCUT2D eigenvalue weighted by Gasteiger charge is 2.24. The monoisotopic (exact) mass is 344 g/mol. The van der Waals surface area contributed by atoms with Crippen molar-refractivity contribution in [1.82, 2.24) is 9.88 Å². The van der Waals surface area contributed by atoms with Crippen LogP contribution < -0.4 is 4.74 Å². The minimum atomic E-state index is -0.00392. The summed E-state index contributed by atoms with van der Waals surface area (Å²) in [6.07, 6.45) is 3.13. The highest BCUT2D eigenvalue weighted by Crippen LogP contribution is 2.24. The first-order chi connectivity index (χ1) is 11.7. The van der Waals surface area contributed by atoms with Gasteiger partial charge in [-0.05, 0) is 36.8 Å². The first-order valence-electron chi connectivity index (χ1n) is 8.20. The molecule has 0 N–H and O–H groups in total. The third kappa shape index (κ3) is 4.06. The molecule has 1 fully saturated rings. The molecule has 2 heterocycles. The highest BCUT2D eigenvalue weighted by atomic mass is 35.5. The number of likely N-dealkylation sites (tertiary alicyclic amines) is 1. The van der Waals surface area contributed by atoms with Crippen molar-refractivity contribution in [3.8, 4) is 5.88 Å². The molecule has 1 saturated heterocycles. The molecular weight excluding hydrogens is 324 g/mol. The molecule has 0 radical (unpaired) electrons. The Hall–Kier alpha value is -2.07. The lowest BCUT2D eigenvalue weighted by Crippen LogP contribution is -2.39. The fraction of sp³-hybridized carbons (Fsp3) is 0.368. The van der Waals surface area contributed by atoms with E-state index in [0.717, 1.165) is 32.4 Å². The second-order valence-electron chi connectivity index (χ2n) is 6.15. The first-order valence-corrected chi connectivity index (χ1v) is 8.58. The van der Waals surface area contributed by atoms with Crippen molar-refractivity contribution in [2.75, 3.05) is 20.2 Å². The van der Waals surface area contributed by atoms with Crippen LogP contribution in [0.1, 0.15) is 28.8 Å². The molecule has 0 saturated carbocycles. The van der Waals surface area contributed by atoms with E-state index in [-0.39, 0.29) is 11.1 Å². The smallest absolute Gasteiger partial charge is 0.254 e. The Morgan fingerprint density at radius 3 is 2.62 bits per heavy atom. The molecule has 24 heavy (non-hydrogen) atoms. The predicted octanol–water partition coefficient (Wildman–Crippen LogP) is 3.84. The van der Waals surface area contributed by atoms with Crippen LogP contribution in [0.5, 0.6) is 5.88 Å². The lowest BCUT2D eigenvalue weighted by Gasteiger charge is -2.32. The van der Waals surface area contributed by atoms with Crippen LogP contribution in [0.2, 0.25) is 5.15 Å². The number of rotatable bonds is 4. The number of piperidine rings is 1. The van der Waals surface area contributed by atoms with Gasteiger partial charge in [0.25, 0.3) is 5.91 Å². The number of hydrogen-bond donors (Lipinski definition) is 0. The Morgan fingerprint density at radius 1 is 1.25 bits per heavy atom. The van der Waals surface area contributed by atoms with Gasteiger partial charge in [-0.25, -0.2) is 4.98 Å². The van der Waals surface area contributed by atoms with E-state index in [0.29, 0.717) is 17.4 Å². The van der Waals surface area contributed by atoms with Gasteiger partial charge >= 0.3 is 0 Å². The number of benzene rings is 1. The molecule has 5 heteroatoms. The van der Waals surface area contributed by atoms with Gasteiger partial charge in [-0.1, -0.05) is 41.9 Å². The Morgan fingerprint density at radius 2 is 1.96 bits per heavy atom. The van der Waals surface area contributed by atoms with E-state index in [1.165, 1.54) is 12.7 Å². The van der Waals surface area contributed by atoms with Gasteiger partial charge in [-0.2, -0.15) is 0 Å². The molecule has 4 nitrogen and oxygen atoms in total. The van der Waals surface area contributed by atoms with E-state index in [4.69, 9.17) is 16.3 Å². The van der Waals surface area contributed by atoms with Gasteiger partial charge in [0.15, 0.2) is 0 Å². The summed E-state index contributed by atoms with van der Waals surface area (Å²) in [5.41, 5.74) is 1.90. The van der Waals surface area contributed by atoms with Crippen LogP contribution in [0.25, 0.3) is 0 Å². The van der Waals surface area contributed by atoms with Crippen LogP contribution in [0.4, 0.5) is 0 Å². The zero-order chi connectivity index (χ0) is 16.9. The second-order valence-corrected chi connectivity index (χ2v) is 6.53. The number of carbonyl (C=O) groups excluding carboxylic acids is 1. The third-order valence-electron chi connectivity index (χ3n) is 4.50. The summed E-state index contributed by atoms with van der Waals surface area (Å²) in [6.45, 7) is 1.55. The lowest BCUT2D eigenvalue weighted by atomic mass is 9.90. The van der Waals surface area contributed by atoms with Crippen molar-refractivity contribution < 1.29 is 9.53 Å². The minimum Gasteiger partial charge on any atom is -0.481 e. The molecule has 1 aliphatic heterocycles. The number of ether oxygens (including phenoxy) is 1. The summed E-state index contributed by atoms with van der Waals surface area (Å²) in [5, 5.41) is 0.275. The van der Waals surface area contributed by atoms with E-state index < -0.39 is 0 Å². The largest absolute Gasteiger partial charge is 0.481 e. The molecule has 0 aliphatic carbocycles. The number of amides is 1. The van der Waals surface area contributed by atoms with Crippen LogP contribution in [0.3, 0.4) is 0 Å². The van der Waals surface area contributed by atoms with Crippen molar-refractivity contribution in [3.63, 3.8) is 0 Å². The van der Waals surface area contributed by atoms with E-state index in [1.54, 1.807) is 12.1 Å². The molecule has 126 valence electrons. The molecule has 1 aromatic carbocycles. The maximum atomic E-state index is 12.7. The number of aromatic nitrogens is 1. The SMILES string of the molecule is COc1cc(C(=O)N2CCC(Cc3ccccc3)CC2)cc(Cl)n1. The van der Waals surface area contributed by atoms with Crippen molar-refractivity contribution in [2.45, 2.75) is 19.3 Å². The molecule has 2 aromatic rings. The molecule has 1 aromatic heterocycles. The van der Waals surface area contributed by atoms with Crippen molar-refractivity contribution >= 4 is 17.5 Å². The fourth-order valence-corrected chi connectivity index (χ4v) is 3.37. The zero-order valence-corrected chi connectivity index (χ0v) is 14.5. The molecule has 0 atom stereocenters. The number of methoxy groups -OCH3 is 1. The topological polar surface area (TPSA) is 42.4 Å². The lowest BCUT2D eigenvalue weighted by molar-refractivity contribution is 0.0690. The first kappa shape index (κ1) is 16.8. The highest BCUT2D eigenvalue weighted by molar-refractivity contribution is 6.29. The summed E-state index contributed by atoms with van der Waals surface area (Å²) in [4.78, 5) is 18.6. The summed E-state index contributed by atoms with van der Waals surface area (Å²) in [6, 6.07) is 13.8. The van der Waals surface area contributed by atoms with Crippen LogP contribution >= 0.6 is 11.6 Å². The predicted molar refractivity (Wildman–Crippen MR) is 94.6 cm³/mol. The molecule has 0 spiro atoms. The van der Waals surface area contributed by atoms with Gasteiger partial charge in [0.1, 0.15) is 5.15 Å². The van der Waals surface area contributed by atoms with E-state index >= 15 is 0 Å². The standard InChI is InChI=1S/C19H21ClN2O2/c1-24-18-13-16(12-17(20)21-18)19(23)22-9-7-15(8-10-22)11-14-5-3-2-4-6-14/h2-6,12-13,15H,7-11H2,1H3. The van der Waals surface area contributed by atoms with Crippen LogP contribution in [0, 0.1) is 5.92 Å². The Labute approximate surface area is 147 Å². The van der Waals surface area contributed by atoms with E-state index in [2.05, 4.69) is 29.2 Å². The summed E-state index contributed by atoms with van der Waals surface area (Å²) < 4.78 is 5.09. The summed E-state index contributed by atoms with van der Waals surface area (Å²) in [5.74, 6) is 0.993. The normalized spacial score (nSPS) is 15.3. The average Bonchev–Trinajstić information content (AvgIpc) is 2.62. The number of hydrogen-bond acceptors (Lipinski definition) is 3. The van der Waals surface area contributed by atoms with Crippen molar-refractivity contribution in [2.24, 2.45) is 5.92 Å². The van der Waals surface area contributed by atoms with Gasteiger partial charge in [0.2, 0.25) is 5.88 Å². The average molecular weight is 345 g/mol. The van der Waals surface area contributed by atoms with Gasteiger partial charge in [-0.15, -0.1) is 0 Å². The summed E-state index contributed by atoms with van der Waals surface area (Å²) >= 11 is 5.96. The molecule has 0 unspecified atom stereocenters. The molecular formula is C19H21ClN2O2. The van der Waals surface area contributed by atoms with Gasteiger partial charge in [-0.3, -0.25) is 4.79 Å². The quantitative estimate of drug-likeness (QED) is 0.791. The maximum absolute atomic E-state index is 12.7. The van der Waals surface area contributed by atoms with Crippen LogP contribution in [-0.4, -0.2) is 36.0 Å². The number of carbonyl (C=O) groups is 1. The van der Waals surface area contributed by atoms with E-state index in [9.17, 15) is 4.79 Å². The summed E-state index contributed by atoms with van der Waals surface area (Å²) in [7, 11) is 1.52. The van der Waals surface area contributed by atoms with Crippen molar-refractivity contribution in [3.05, 3.63) is 58.7 Å². The number of nitrogens with zero attached hydrogens (tertiary/aromatic N) is 2. The number of halogens is 1. The zero-order valence-electron chi connectivity index (χ0n) is 13.7. The Kier molecular flexibility index (Phi) is 5.36. The molecule has 3 rings (SSSR count). The molecule has 0 bridgehead atoms.